The first-order chi connectivity index (χ1) is 10.1. The number of hydrogen-bond donors (Lipinski definition) is 2. The van der Waals surface area contributed by atoms with Crippen LogP contribution in [0.1, 0.15) is 17.5 Å². The van der Waals surface area contributed by atoms with Gasteiger partial charge >= 0.3 is 0 Å². The van der Waals surface area contributed by atoms with Crippen LogP contribution in [0.3, 0.4) is 0 Å². The predicted molar refractivity (Wildman–Crippen MR) is 85.9 cm³/mol. The number of nitrogens with zero attached hydrogens (tertiary/aromatic N) is 2. The zero-order valence-corrected chi connectivity index (χ0v) is 12.5. The Labute approximate surface area is 129 Å². The topological polar surface area (TPSA) is 72.9 Å². The minimum absolute atomic E-state index is 0.0125. The molecular weight excluding hydrogens is 284 g/mol. The lowest BCUT2D eigenvalue weighted by Crippen LogP contribution is -2.26. The second-order valence-corrected chi connectivity index (χ2v) is 5.15. The van der Waals surface area contributed by atoms with Crippen molar-refractivity contribution in [2.24, 2.45) is 5.73 Å². The summed E-state index contributed by atoms with van der Waals surface area (Å²) in [6.45, 7) is 1.44. The van der Waals surface area contributed by atoms with E-state index in [4.69, 9.17) is 18.0 Å². The van der Waals surface area contributed by atoms with E-state index in [9.17, 15) is 4.79 Å². The quantitative estimate of drug-likeness (QED) is 0.597. The first kappa shape index (κ1) is 15.2. The van der Waals surface area contributed by atoms with Crippen molar-refractivity contribution in [1.29, 1.82) is 0 Å². The molecule has 1 amide bonds. The number of nitrogens with two attached hydrogens (primary N) is 1. The Hall–Kier alpha value is -2.21. The minimum Gasteiger partial charge on any atom is -0.389 e. The van der Waals surface area contributed by atoms with E-state index in [1.165, 1.54) is 0 Å². The molecule has 0 unspecified atom stereocenters. The van der Waals surface area contributed by atoms with Gasteiger partial charge in [-0.1, -0.05) is 36.5 Å². The molecule has 0 saturated carbocycles. The fraction of sp³-hybridized carbons (Fsp3) is 0.267. The highest BCUT2D eigenvalue weighted by atomic mass is 32.1. The van der Waals surface area contributed by atoms with E-state index in [-0.39, 0.29) is 5.91 Å². The number of rotatable bonds is 7. The Bertz CT molecular complexity index is 593. The van der Waals surface area contributed by atoms with Gasteiger partial charge in [-0.3, -0.25) is 9.48 Å². The molecule has 1 aromatic carbocycles. The molecule has 0 saturated heterocycles. The second-order valence-electron chi connectivity index (χ2n) is 4.71. The first-order valence-electron chi connectivity index (χ1n) is 6.78. The molecule has 1 heterocycles. The summed E-state index contributed by atoms with van der Waals surface area (Å²) in [5, 5.41) is 7.01. The zero-order valence-electron chi connectivity index (χ0n) is 11.7. The van der Waals surface area contributed by atoms with Gasteiger partial charge in [0.15, 0.2) is 0 Å². The molecular formula is C15H18N4OS. The van der Waals surface area contributed by atoms with Gasteiger partial charge in [0.2, 0.25) is 5.91 Å². The summed E-state index contributed by atoms with van der Waals surface area (Å²) < 4.78 is 1.85. The standard InChI is InChI=1S/C15H18N4OS/c16-15(21)13-5-3-12(4-6-13)11-14(20)17-7-1-9-19-10-2-8-18-19/h2-6,8,10H,1,7,9,11H2,(H2,16,21)(H,17,20). The lowest BCUT2D eigenvalue weighted by atomic mass is 10.1. The smallest absolute Gasteiger partial charge is 0.224 e. The molecule has 21 heavy (non-hydrogen) atoms. The molecule has 0 fully saturated rings. The number of carbonyl (C=O) groups is 1. The van der Waals surface area contributed by atoms with Crippen molar-refractivity contribution < 1.29 is 4.79 Å². The summed E-state index contributed by atoms with van der Waals surface area (Å²) in [5.41, 5.74) is 7.29. The molecule has 0 atom stereocenters. The minimum atomic E-state index is 0.0125. The molecule has 110 valence electrons. The van der Waals surface area contributed by atoms with Crippen molar-refractivity contribution in [3.8, 4) is 0 Å². The highest BCUT2D eigenvalue weighted by Gasteiger charge is 2.03. The Balaban J connectivity index is 1.70. The number of hydrogen-bond acceptors (Lipinski definition) is 3. The van der Waals surface area contributed by atoms with Crippen molar-refractivity contribution in [2.75, 3.05) is 6.54 Å². The van der Waals surface area contributed by atoms with Gasteiger partial charge in [-0.15, -0.1) is 0 Å². The number of amides is 1. The van der Waals surface area contributed by atoms with E-state index in [0.29, 0.717) is 18.0 Å². The van der Waals surface area contributed by atoms with Gasteiger partial charge in [-0.05, 0) is 18.1 Å². The van der Waals surface area contributed by atoms with Crippen LogP contribution in [0.2, 0.25) is 0 Å². The Morgan fingerprint density at radius 1 is 1.33 bits per heavy atom. The van der Waals surface area contributed by atoms with Crippen molar-refractivity contribution in [2.45, 2.75) is 19.4 Å². The first-order valence-corrected chi connectivity index (χ1v) is 7.19. The summed E-state index contributed by atoms with van der Waals surface area (Å²) in [5.74, 6) is 0.0125. The van der Waals surface area contributed by atoms with Crippen molar-refractivity contribution in [3.63, 3.8) is 0 Å². The second kappa shape index (κ2) is 7.54. The highest BCUT2D eigenvalue weighted by molar-refractivity contribution is 7.80. The third-order valence-corrected chi connectivity index (χ3v) is 3.28. The summed E-state index contributed by atoms with van der Waals surface area (Å²) in [6.07, 6.45) is 4.87. The number of thiocarbonyl (C=S) groups is 1. The number of nitrogens with one attached hydrogen (secondary N) is 1. The number of carbonyl (C=O) groups excluding carboxylic acids is 1. The van der Waals surface area contributed by atoms with Crippen LogP contribution < -0.4 is 11.1 Å². The molecule has 6 heteroatoms. The van der Waals surface area contributed by atoms with Crippen LogP contribution in [-0.2, 0) is 17.8 Å². The number of benzene rings is 1. The molecule has 0 aliphatic carbocycles. The van der Waals surface area contributed by atoms with E-state index in [1.54, 1.807) is 6.20 Å². The number of aryl methyl sites for hydroxylation is 1. The molecule has 5 nitrogen and oxygen atoms in total. The molecule has 0 spiro atoms. The van der Waals surface area contributed by atoms with Crippen molar-refractivity contribution in [3.05, 3.63) is 53.9 Å². The fourth-order valence-corrected chi connectivity index (χ4v) is 2.07. The SMILES string of the molecule is NC(=S)c1ccc(CC(=O)NCCCn2cccn2)cc1. The van der Waals surface area contributed by atoms with Gasteiger partial charge < -0.3 is 11.1 Å². The van der Waals surface area contributed by atoms with Crippen LogP contribution in [0, 0.1) is 0 Å². The van der Waals surface area contributed by atoms with Crippen LogP contribution in [0.5, 0.6) is 0 Å². The zero-order chi connectivity index (χ0) is 15.1. The lowest BCUT2D eigenvalue weighted by Gasteiger charge is -2.06. The lowest BCUT2D eigenvalue weighted by molar-refractivity contribution is -0.120. The van der Waals surface area contributed by atoms with Crippen LogP contribution in [0.15, 0.2) is 42.7 Å². The van der Waals surface area contributed by atoms with E-state index >= 15 is 0 Å². The maximum absolute atomic E-state index is 11.8. The summed E-state index contributed by atoms with van der Waals surface area (Å²) in [6, 6.07) is 9.30. The van der Waals surface area contributed by atoms with E-state index in [1.807, 2.05) is 41.2 Å². The van der Waals surface area contributed by atoms with Crippen molar-refractivity contribution in [1.82, 2.24) is 15.1 Å². The van der Waals surface area contributed by atoms with Gasteiger partial charge in [-0.25, -0.2) is 0 Å². The normalized spacial score (nSPS) is 10.3. The third kappa shape index (κ3) is 5.00. The molecule has 0 aliphatic rings. The predicted octanol–water partition coefficient (Wildman–Crippen LogP) is 1.27. The summed E-state index contributed by atoms with van der Waals surface area (Å²) >= 11 is 4.89. The van der Waals surface area contributed by atoms with Gasteiger partial charge in [0.05, 0.1) is 6.42 Å². The monoisotopic (exact) mass is 302 g/mol. The number of aromatic nitrogens is 2. The van der Waals surface area contributed by atoms with E-state index in [2.05, 4.69) is 10.4 Å². The largest absolute Gasteiger partial charge is 0.389 e. The molecule has 0 bridgehead atoms. The highest BCUT2D eigenvalue weighted by Crippen LogP contribution is 2.05. The van der Waals surface area contributed by atoms with Crippen LogP contribution >= 0.6 is 12.2 Å². The third-order valence-electron chi connectivity index (χ3n) is 3.05. The fourth-order valence-electron chi connectivity index (χ4n) is 1.94. The average molecular weight is 302 g/mol. The molecule has 3 N–H and O–H groups in total. The van der Waals surface area contributed by atoms with E-state index in [0.717, 1.165) is 24.1 Å². The van der Waals surface area contributed by atoms with E-state index < -0.39 is 0 Å². The Morgan fingerprint density at radius 3 is 2.71 bits per heavy atom. The van der Waals surface area contributed by atoms with Crippen molar-refractivity contribution >= 4 is 23.1 Å². The summed E-state index contributed by atoms with van der Waals surface area (Å²) in [4.78, 5) is 12.2. The van der Waals surface area contributed by atoms with Gasteiger partial charge in [-0.2, -0.15) is 5.10 Å². The maximum atomic E-state index is 11.8. The van der Waals surface area contributed by atoms with Crippen LogP contribution in [0.25, 0.3) is 0 Å². The maximum Gasteiger partial charge on any atom is 0.224 e. The Morgan fingerprint density at radius 2 is 2.10 bits per heavy atom. The van der Waals surface area contributed by atoms with Crippen LogP contribution in [0.4, 0.5) is 0 Å². The van der Waals surface area contributed by atoms with Gasteiger partial charge in [0.25, 0.3) is 0 Å². The summed E-state index contributed by atoms with van der Waals surface area (Å²) in [7, 11) is 0. The molecule has 2 rings (SSSR count). The van der Waals surface area contributed by atoms with Gasteiger partial charge in [0, 0.05) is 31.0 Å². The molecule has 1 aromatic heterocycles. The van der Waals surface area contributed by atoms with Gasteiger partial charge in [0.1, 0.15) is 4.99 Å². The molecule has 0 radical (unpaired) electrons. The average Bonchev–Trinajstić information content (AvgIpc) is 2.97. The Kier molecular flexibility index (Phi) is 5.45. The molecule has 0 aliphatic heterocycles. The van der Waals surface area contributed by atoms with Crippen LogP contribution in [-0.4, -0.2) is 27.2 Å². The molecule has 2 aromatic rings.